The van der Waals surface area contributed by atoms with Gasteiger partial charge in [0.05, 0.1) is 43.1 Å². The third-order valence-corrected chi connectivity index (χ3v) is 5.49. The van der Waals surface area contributed by atoms with Crippen LogP contribution < -0.4 is 10.3 Å². The van der Waals surface area contributed by atoms with E-state index in [1.807, 2.05) is 42.6 Å². The first kappa shape index (κ1) is 19.0. The van der Waals surface area contributed by atoms with Crippen LogP contribution in [-0.4, -0.2) is 46.3 Å². The SMILES string of the molecule is N#Cc1ccccc1Cn1cc(-c2cccc3c(=O)cc(N4CCOCC4)[nH]c23)nn1. The Morgan fingerprint density at radius 1 is 1.13 bits per heavy atom. The fourth-order valence-electron chi connectivity index (χ4n) is 3.89. The van der Waals surface area contributed by atoms with Gasteiger partial charge in [0, 0.05) is 30.1 Å². The molecule has 2 aromatic carbocycles. The molecule has 1 saturated heterocycles. The summed E-state index contributed by atoms with van der Waals surface area (Å²) < 4.78 is 7.13. The first-order valence-electron chi connectivity index (χ1n) is 10.1. The summed E-state index contributed by atoms with van der Waals surface area (Å²) in [7, 11) is 0. The van der Waals surface area contributed by atoms with Crippen molar-refractivity contribution in [3.05, 3.63) is 76.1 Å². The number of ether oxygens (including phenoxy) is 1. The molecule has 5 rings (SSSR count). The Balaban J connectivity index is 1.54. The Morgan fingerprint density at radius 3 is 2.81 bits per heavy atom. The monoisotopic (exact) mass is 412 g/mol. The summed E-state index contributed by atoms with van der Waals surface area (Å²) in [6.45, 7) is 3.19. The number of nitrogens with one attached hydrogen (secondary N) is 1. The Labute approximate surface area is 178 Å². The molecule has 154 valence electrons. The maximum atomic E-state index is 12.8. The van der Waals surface area contributed by atoms with Gasteiger partial charge in [-0.1, -0.05) is 35.5 Å². The van der Waals surface area contributed by atoms with Crippen molar-refractivity contribution in [3.8, 4) is 17.3 Å². The lowest BCUT2D eigenvalue weighted by Gasteiger charge is -2.28. The first-order valence-corrected chi connectivity index (χ1v) is 10.1. The van der Waals surface area contributed by atoms with Crippen LogP contribution >= 0.6 is 0 Å². The van der Waals surface area contributed by atoms with Gasteiger partial charge in [0.25, 0.3) is 0 Å². The average Bonchev–Trinajstić information content (AvgIpc) is 3.28. The third kappa shape index (κ3) is 3.67. The highest BCUT2D eigenvalue weighted by atomic mass is 16.5. The Morgan fingerprint density at radius 2 is 1.97 bits per heavy atom. The molecule has 1 aliphatic heterocycles. The largest absolute Gasteiger partial charge is 0.378 e. The van der Waals surface area contributed by atoms with E-state index in [4.69, 9.17) is 4.74 Å². The molecule has 0 saturated carbocycles. The second kappa shape index (κ2) is 8.05. The van der Waals surface area contributed by atoms with Crippen molar-refractivity contribution < 1.29 is 4.74 Å². The van der Waals surface area contributed by atoms with Gasteiger partial charge in [0.2, 0.25) is 0 Å². The highest BCUT2D eigenvalue weighted by Crippen LogP contribution is 2.26. The van der Waals surface area contributed by atoms with Crippen LogP contribution in [0.15, 0.2) is 59.5 Å². The van der Waals surface area contributed by atoms with Crippen LogP contribution in [0.4, 0.5) is 5.82 Å². The molecule has 4 aromatic rings. The van der Waals surface area contributed by atoms with Crippen LogP contribution in [0.1, 0.15) is 11.1 Å². The number of aromatic amines is 1. The topological polar surface area (TPSA) is 99.8 Å². The number of benzene rings is 2. The van der Waals surface area contributed by atoms with Gasteiger partial charge >= 0.3 is 0 Å². The fraction of sp³-hybridized carbons (Fsp3) is 0.217. The minimum atomic E-state index is -0.0348. The lowest BCUT2D eigenvalue weighted by Crippen LogP contribution is -2.37. The predicted octanol–water partition coefficient (Wildman–Crippen LogP) is 2.54. The number of H-pyrrole nitrogens is 1. The quantitative estimate of drug-likeness (QED) is 0.553. The summed E-state index contributed by atoms with van der Waals surface area (Å²) >= 11 is 0. The number of nitrogens with zero attached hydrogens (tertiary/aromatic N) is 5. The smallest absolute Gasteiger partial charge is 0.191 e. The van der Waals surface area contributed by atoms with E-state index in [-0.39, 0.29) is 5.43 Å². The van der Waals surface area contributed by atoms with Gasteiger partial charge < -0.3 is 14.6 Å². The average molecular weight is 412 g/mol. The van der Waals surface area contributed by atoms with Gasteiger partial charge in [0.1, 0.15) is 11.5 Å². The zero-order chi connectivity index (χ0) is 21.2. The van der Waals surface area contributed by atoms with Crippen LogP contribution in [0.3, 0.4) is 0 Å². The van der Waals surface area contributed by atoms with Gasteiger partial charge in [-0.15, -0.1) is 5.10 Å². The molecule has 8 nitrogen and oxygen atoms in total. The number of nitriles is 1. The van der Waals surface area contributed by atoms with Gasteiger partial charge in [-0.25, -0.2) is 4.68 Å². The minimum absolute atomic E-state index is 0.0348. The zero-order valence-electron chi connectivity index (χ0n) is 16.8. The molecule has 1 fully saturated rings. The van der Waals surface area contributed by atoms with Crippen LogP contribution in [0.5, 0.6) is 0 Å². The molecular formula is C23H20N6O2. The fourth-order valence-corrected chi connectivity index (χ4v) is 3.89. The van der Waals surface area contributed by atoms with Gasteiger partial charge in [-0.2, -0.15) is 5.26 Å². The molecule has 0 amide bonds. The molecule has 31 heavy (non-hydrogen) atoms. The van der Waals surface area contributed by atoms with E-state index in [2.05, 4.69) is 26.3 Å². The Kier molecular flexibility index (Phi) is 4.94. The molecule has 1 N–H and O–H groups in total. The second-order valence-electron chi connectivity index (χ2n) is 7.42. The number of aromatic nitrogens is 4. The number of pyridine rings is 1. The van der Waals surface area contributed by atoms with Crippen molar-refractivity contribution in [3.63, 3.8) is 0 Å². The number of hydrogen-bond acceptors (Lipinski definition) is 6. The standard InChI is InChI=1S/C23H20N6O2/c24-13-16-4-1-2-5-17(16)14-29-15-20(26-27-29)18-6-3-7-19-21(30)12-22(25-23(18)19)28-8-10-31-11-9-28/h1-7,12,15H,8-11,14H2,(H,25,30). The number of morpholine rings is 1. The van der Waals surface area contributed by atoms with E-state index in [1.165, 1.54) is 0 Å². The molecule has 2 aromatic heterocycles. The van der Waals surface area contributed by atoms with Crippen LogP contribution in [0, 0.1) is 11.3 Å². The van der Waals surface area contributed by atoms with Gasteiger partial charge in [-0.05, 0) is 17.7 Å². The van der Waals surface area contributed by atoms with Crippen molar-refractivity contribution in [2.45, 2.75) is 6.54 Å². The molecule has 0 atom stereocenters. The van der Waals surface area contributed by atoms with Gasteiger partial charge in [0.15, 0.2) is 5.43 Å². The van der Waals surface area contributed by atoms with Crippen LogP contribution in [-0.2, 0) is 11.3 Å². The number of anilines is 1. The summed E-state index contributed by atoms with van der Waals surface area (Å²) in [4.78, 5) is 18.3. The van der Waals surface area contributed by atoms with E-state index in [1.54, 1.807) is 16.8 Å². The van der Waals surface area contributed by atoms with E-state index < -0.39 is 0 Å². The van der Waals surface area contributed by atoms with E-state index in [0.717, 1.165) is 35.6 Å². The summed E-state index contributed by atoms with van der Waals surface area (Å²) in [6, 6.07) is 16.9. The molecule has 0 bridgehead atoms. The minimum Gasteiger partial charge on any atom is -0.378 e. The first-order chi connectivity index (χ1) is 15.2. The third-order valence-electron chi connectivity index (χ3n) is 5.49. The zero-order valence-corrected chi connectivity index (χ0v) is 16.8. The highest BCUT2D eigenvalue weighted by molar-refractivity contribution is 5.93. The van der Waals surface area contributed by atoms with E-state index >= 15 is 0 Å². The number of hydrogen-bond donors (Lipinski definition) is 1. The molecule has 3 heterocycles. The van der Waals surface area contributed by atoms with E-state index in [9.17, 15) is 10.1 Å². The van der Waals surface area contributed by atoms with Crippen LogP contribution in [0.25, 0.3) is 22.2 Å². The number of para-hydroxylation sites is 1. The molecule has 1 aliphatic rings. The van der Waals surface area contributed by atoms with Crippen LogP contribution in [0.2, 0.25) is 0 Å². The lowest BCUT2D eigenvalue weighted by molar-refractivity contribution is 0.122. The molecule has 0 spiro atoms. The molecular weight excluding hydrogens is 392 g/mol. The molecule has 0 unspecified atom stereocenters. The molecule has 0 radical (unpaired) electrons. The predicted molar refractivity (Wildman–Crippen MR) is 117 cm³/mol. The summed E-state index contributed by atoms with van der Waals surface area (Å²) in [5, 5.41) is 18.5. The maximum absolute atomic E-state index is 12.8. The van der Waals surface area contributed by atoms with Gasteiger partial charge in [-0.3, -0.25) is 4.79 Å². The van der Waals surface area contributed by atoms with Crippen molar-refractivity contribution >= 4 is 16.7 Å². The normalized spacial score (nSPS) is 14.0. The maximum Gasteiger partial charge on any atom is 0.191 e. The Bertz CT molecular complexity index is 1340. The lowest BCUT2D eigenvalue weighted by atomic mass is 10.1. The highest BCUT2D eigenvalue weighted by Gasteiger charge is 2.16. The summed E-state index contributed by atoms with van der Waals surface area (Å²) in [5.41, 5.74) is 3.67. The number of rotatable bonds is 4. The van der Waals surface area contributed by atoms with Crippen molar-refractivity contribution in [1.29, 1.82) is 5.26 Å². The van der Waals surface area contributed by atoms with E-state index in [0.29, 0.717) is 36.4 Å². The Hall–Kier alpha value is -3.96. The van der Waals surface area contributed by atoms with Crippen molar-refractivity contribution in [2.24, 2.45) is 0 Å². The summed E-state index contributed by atoms with van der Waals surface area (Å²) in [5.74, 6) is 0.781. The van der Waals surface area contributed by atoms with Crippen molar-refractivity contribution in [2.75, 3.05) is 31.2 Å². The molecule has 0 aliphatic carbocycles. The summed E-state index contributed by atoms with van der Waals surface area (Å²) in [6.07, 6.45) is 1.84. The molecule has 8 heteroatoms. The van der Waals surface area contributed by atoms with Crippen molar-refractivity contribution in [1.82, 2.24) is 20.0 Å². The second-order valence-corrected chi connectivity index (χ2v) is 7.42. The number of fused-ring (bicyclic) bond motifs is 1.